The summed E-state index contributed by atoms with van der Waals surface area (Å²) in [6.45, 7) is 11.3. The molecule has 2 aromatic rings. The van der Waals surface area contributed by atoms with Gasteiger partial charge >= 0.3 is 0 Å². The van der Waals surface area contributed by atoms with Gasteiger partial charge in [-0.25, -0.2) is 9.98 Å². The fraction of sp³-hybridized carbons (Fsp3) is 0.545. The van der Waals surface area contributed by atoms with Gasteiger partial charge in [-0.3, -0.25) is 4.90 Å². The molecular weight excluding hydrogens is 386 g/mol. The average molecular weight is 418 g/mol. The second-order valence-corrected chi connectivity index (χ2v) is 8.04. The molecule has 3 rings (SSSR count). The fourth-order valence-corrected chi connectivity index (χ4v) is 3.75. The number of likely N-dealkylation sites (tertiary alicyclic amines) is 1. The van der Waals surface area contributed by atoms with E-state index < -0.39 is 0 Å². The Balaban J connectivity index is 1.44. The van der Waals surface area contributed by atoms with Gasteiger partial charge < -0.3 is 15.1 Å². The minimum Gasteiger partial charge on any atom is -0.444 e. The number of oxazole rings is 1. The van der Waals surface area contributed by atoms with Crippen molar-refractivity contribution in [1.82, 2.24) is 20.5 Å². The van der Waals surface area contributed by atoms with E-state index in [1.165, 1.54) is 18.4 Å². The van der Waals surface area contributed by atoms with Gasteiger partial charge in [-0.05, 0) is 64.3 Å². The van der Waals surface area contributed by atoms with E-state index >= 15 is 0 Å². The van der Waals surface area contributed by atoms with Crippen molar-refractivity contribution >= 4 is 17.6 Å². The number of guanidine groups is 1. The van der Waals surface area contributed by atoms with Crippen LogP contribution in [-0.4, -0.2) is 42.0 Å². The van der Waals surface area contributed by atoms with Gasteiger partial charge in [-0.2, -0.15) is 0 Å². The van der Waals surface area contributed by atoms with Gasteiger partial charge in [0.1, 0.15) is 12.3 Å². The summed E-state index contributed by atoms with van der Waals surface area (Å²) in [5.41, 5.74) is 2.14. The number of aryl methyl sites for hydroxylation is 2. The first-order chi connectivity index (χ1) is 14.0. The lowest BCUT2D eigenvalue weighted by atomic mass is 9.96. The minimum absolute atomic E-state index is 0.445. The molecule has 1 aliphatic rings. The van der Waals surface area contributed by atoms with Gasteiger partial charge in [0, 0.05) is 24.7 Å². The Morgan fingerprint density at radius 3 is 2.66 bits per heavy atom. The van der Waals surface area contributed by atoms with E-state index in [0.29, 0.717) is 18.4 Å². The predicted molar refractivity (Wildman–Crippen MR) is 118 cm³/mol. The topological polar surface area (TPSA) is 65.7 Å². The number of hydrogen-bond acceptors (Lipinski definition) is 4. The number of nitrogens with zero attached hydrogens (tertiary/aromatic N) is 3. The quantitative estimate of drug-likeness (QED) is 0.528. The van der Waals surface area contributed by atoms with Crippen LogP contribution in [0, 0.1) is 19.8 Å². The number of benzene rings is 1. The summed E-state index contributed by atoms with van der Waals surface area (Å²) in [6, 6.07) is 8.12. The number of hydrogen-bond donors (Lipinski definition) is 2. The van der Waals surface area contributed by atoms with Crippen LogP contribution >= 0.6 is 11.6 Å². The molecule has 0 unspecified atom stereocenters. The molecule has 0 spiro atoms. The summed E-state index contributed by atoms with van der Waals surface area (Å²) in [4.78, 5) is 11.5. The van der Waals surface area contributed by atoms with Crippen molar-refractivity contribution in [2.75, 3.05) is 26.2 Å². The molecule has 1 aliphatic heterocycles. The number of nitrogens with one attached hydrogen (secondary N) is 2. The molecule has 158 valence electrons. The smallest absolute Gasteiger partial charge is 0.216 e. The zero-order valence-corrected chi connectivity index (χ0v) is 18.4. The molecule has 0 atom stereocenters. The molecule has 29 heavy (non-hydrogen) atoms. The maximum absolute atomic E-state index is 6.30. The first-order valence-corrected chi connectivity index (χ1v) is 10.8. The largest absolute Gasteiger partial charge is 0.444 e. The molecule has 7 heteroatoms. The highest BCUT2D eigenvalue weighted by molar-refractivity contribution is 6.31. The lowest BCUT2D eigenvalue weighted by Gasteiger charge is -2.32. The van der Waals surface area contributed by atoms with Crippen molar-refractivity contribution in [3.63, 3.8) is 0 Å². The third kappa shape index (κ3) is 6.47. The molecule has 0 aliphatic carbocycles. The van der Waals surface area contributed by atoms with E-state index in [0.717, 1.165) is 55.2 Å². The van der Waals surface area contributed by atoms with Crippen LogP contribution in [0.3, 0.4) is 0 Å². The van der Waals surface area contributed by atoms with Gasteiger partial charge in [0.15, 0.2) is 5.96 Å². The number of aromatic nitrogens is 1. The monoisotopic (exact) mass is 417 g/mol. The fourth-order valence-electron chi connectivity index (χ4n) is 3.55. The Morgan fingerprint density at radius 2 is 2.00 bits per heavy atom. The molecule has 1 aromatic heterocycles. The molecule has 2 heterocycles. The Morgan fingerprint density at radius 1 is 1.24 bits per heavy atom. The molecule has 6 nitrogen and oxygen atoms in total. The van der Waals surface area contributed by atoms with E-state index in [-0.39, 0.29) is 0 Å². The van der Waals surface area contributed by atoms with Crippen LogP contribution in [-0.2, 0) is 13.1 Å². The number of halogens is 1. The third-order valence-corrected chi connectivity index (χ3v) is 5.78. The van der Waals surface area contributed by atoms with E-state index in [2.05, 4.69) is 44.6 Å². The van der Waals surface area contributed by atoms with E-state index in [1.54, 1.807) is 0 Å². The average Bonchev–Trinajstić information content (AvgIpc) is 3.04. The molecular formula is C22H32ClN5O. The minimum atomic E-state index is 0.445. The van der Waals surface area contributed by atoms with Crippen LogP contribution in [0.4, 0.5) is 0 Å². The van der Waals surface area contributed by atoms with Crippen molar-refractivity contribution in [2.24, 2.45) is 10.9 Å². The van der Waals surface area contributed by atoms with Gasteiger partial charge in [0.25, 0.3) is 0 Å². The summed E-state index contributed by atoms with van der Waals surface area (Å²) < 4.78 is 5.62. The van der Waals surface area contributed by atoms with Gasteiger partial charge in [0.2, 0.25) is 5.89 Å². The summed E-state index contributed by atoms with van der Waals surface area (Å²) >= 11 is 6.30. The molecule has 0 saturated carbocycles. The molecule has 1 fully saturated rings. The zero-order chi connectivity index (χ0) is 20.6. The van der Waals surface area contributed by atoms with Crippen molar-refractivity contribution < 1.29 is 4.42 Å². The lowest BCUT2D eigenvalue weighted by molar-refractivity contribution is 0.178. The Labute approximate surface area is 178 Å². The van der Waals surface area contributed by atoms with Gasteiger partial charge in [-0.15, -0.1) is 0 Å². The van der Waals surface area contributed by atoms with Crippen LogP contribution in [0.25, 0.3) is 0 Å². The second kappa shape index (κ2) is 10.6. The Bertz CT molecular complexity index is 792. The summed E-state index contributed by atoms with van der Waals surface area (Å²) in [7, 11) is 0. The number of piperidine rings is 1. The summed E-state index contributed by atoms with van der Waals surface area (Å²) in [5, 5.41) is 7.65. The molecule has 2 N–H and O–H groups in total. The number of aliphatic imine (C=N–C) groups is 1. The van der Waals surface area contributed by atoms with Crippen LogP contribution in [0.5, 0.6) is 0 Å². The van der Waals surface area contributed by atoms with Crippen LogP contribution in [0.2, 0.25) is 5.02 Å². The maximum Gasteiger partial charge on any atom is 0.216 e. The Kier molecular flexibility index (Phi) is 7.95. The van der Waals surface area contributed by atoms with Crippen molar-refractivity contribution in [3.8, 4) is 0 Å². The van der Waals surface area contributed by atoms with Crippen LogP contribution in [0.1, 0.15) is 42.7 Å². The Hall–Kier alpha value is -2.05. The third-order valence-electron chi connectivity index (χ3n) is 5.41. The first kappa shape index (κ1) is 21.7. The molecule has 1 aromatic carbocycles. The van der Waals surface area contributed by atoms with E-state index in [1.807, 2.05) is 26.0 Å². The standard InChI is InChI=1S/C22H32ClN5O/c1-4-24-22(26-14-21-27-16(2)17(3)29-21)25-13-18-9-11-28(12-10-18)15-19-7-5-6-8-20(19)23/h5-8,18H,4,9-15H2,1-3H3,(H2,24,25,26). The normalized spacial score (nSPS) is 16.2. The van der Waals surface area contributed by atoms with Gasteiger partial charge in [0.05, 0.1) is 5.69 Å². The second-order valence-electron chi connectivity index (χ2n) is 7.64. The molecule has 0 bridgehead atoms. The van der Waals surface area contributed by atoms with Crippen molar-refractivity contribution in [2.45, 2.75) is 46.7 Å². The van der Waals surface area contributed by atoms with Crippen molar-refractivity contribution in [3.05, 3.63) is 52.2 Å². The highest BCUT2D eigenvalue weighted by Gasteiger charge is 2.20. The highest BCUT2D eigenvalue weighted by Crippen LogP contribution is 2.22. The number of rotatable bonds is 7. The summed E-state index contributed by atoms with van der Waals surface area (Å²) in [5.74, 6) is 2.98. The molecule has 1 saturated heterocycles. The first-order valence-electron chi connectivity index (χ1n) is 10.5. The summed E-state index contributed by atoms with van der Waals surface area (Å²) in [6.07, 6.45) is 2.35. The highest BCUT2D eigenvalue weighted by atomic mass is 35.5. The predicted octanol–water partition coefficient (Wildman–Crippen LogP) is 3.91. The van der Waals surface area contributed by atoms with E-state index in [9.17, 15) is 0 Å². The SMILES string of the molecule is CCNC(=NCc1nc(C)c(C)o1)NCC1CCN(Cc2ccccc2Cl)CC1. The molecule has 0 amide bonds. The maximum atomic E-state index is 6.30. The molecule has 0 radical (unpaired) electrons. The van der Waals surface area contributed by atoms with E-state index in [4.69, 9.17) is 16.0 Å². The zero-order valence-electron chi connectivity index (χ0n) is 17.7. The lowest BCUT2D eigenvalue weighted by Crippen LogP contribution is -2.42. The van der Waals surface area contributed by atoms with Crippen LogP contribution < -0.4 is 10.6 Å². The van der Waals surface area contributed by atoms with Crippen LogP contribution in [0.15, 0.2) is 33.7 Å². The van der Waals surface area contributed by atoms with Gasteiger partial charge in [-0.1, -0.05) is 29.8 Å². The van der Waals surface area contributed by atoms with Crippen molar-refractivity contribution in [1.29, 1.82) is 0 Å².